The third-order valence-electron chi connectivity index (χ3n) is 1.01. The summed E-state index contributed by atoms with van der Waals surface area (Å²) in [5.41, 5.74) is 0. The molecule has 0 heterocycles. The molecule has 0 aliphatic heterocycles. The van der Waals surface area contributed by atoms with Crippen molar-refractivity contribution in [1.29, 1.82) is 0 Å². The van der Waals surface area contributed by atoms with Crippen LogP contribution in [0.5, 0.6) is 0 Å². The van der Waals surface area contributed by atoms with E-state index in [4.69, 9.17) is 0 Å². The first-order chi connectivity index (χ1) is 6.36. The molecular formula is C5H3F9O. The molecule has 0 bridgehead atoms. The van der Waals surface area contributed by atoms with Gasteiger partial charge in [-0.2, -0.15) is 35.1 Å². The van der Waals surface area contributed by atoms with Crippen molar-refractivity contribution in [2.75, 3.05) is 6.61 Å². The van der Waals surface area contributed by atoms with Crippen LogP contribution in [0.25, 0.3) is 0 Å². The lowest BCUT2D eigenvalue weighted by molar-refractivity contribution is -0.354. The normalized spacial score (nSPS) is 16.6. The average Bonchev–Trinajstić information content (AvgIpc) is 1.97. The molecule has 0 N–H and O–H groups in total. The lowest BCUT2D eigenvalue weighted by Gasteiger charge is -2.22. The van der Waals surface area contributed by atoms with Crippen LogP contribution in [0.1, 0.15) is 0 Å². The third kappa shape index (κ3) is 5.09. The Hall–Kier alpha value is -0.670. The zero-order valence-corrected chi connectivity index (χ0v) is 6.59. The van der Waals surface area contributed by atoms with Gasteiger partial charge >= 0.3 is 18.5 Å². The van der Waals surface area contributed by atoms with Gasteiger partial charge in [-0.25, -0.2) is 4.39 Å². The maximum atomic E-state index is 12.0. The van der Waals surface area contributed by atoms with Crippen LogP contribution in [-0.2, 0) is 4.74 Å². The minimum Gasteiger partial charge on any atom is -0.308 e. The van der Waals surface area contributed by atoms with Gasteiger partial charge in [-0.3, -0.25) is 0 Å². The van der Waals surface area contributed by atoms with Gasteiger partial charge in [0.25, 0.3) is 6.17 Å². The number of rotatable bonds is 3. The van der Waals surface area contributed by atoms with E-state index >= 15 is 0 Å². The van der Waals surface area contributed by atoms with Crippen LogP contribution in [0, 0.1) is 0 Å². The van der Waals surface area contributed by atoms with Crippen molar-refractivity contribution in [3.8, 4) is 0 Å². The summed E-state index contributed by atoms with van der Waals surface area (Å²) >= 11 is 0. The summed E-state index contributed by atoms with van der Waals surface area (Å²) in [6.07, 6.45) is -21.6. The summed E-state index contributed by atoms with van der Waals surface area (Å²) in [6.45, 7) is -2.67. The quantitative estimate of drug-likeness (QED) is 0.699. The first-order valence-electron chi connectivity index (χ1n) is 3.15. The predicted octanol–water partition coefficient (Wildman–Crippen LogP) is 3.06. The standard InChI is InChI=1S/C5H3F9O/c6-2(4(10,11)12)5(13,14)15-1-3(7,8)9/h2H,1H2/t2-/m1/s1. The van der Waals surface area contributed by atoms with Gasteiger partial charge in [-0.15, -0.1) is 0 Å². The minimum atomic E-state index is -5.99. The van der Waals surface area contributed by atoms with Gasteiger partial charge in [0.1, 0.15) is 6.61 Å². The fourth-order valence-electron chi connectivity index (χ4n) is 0.442. The molecule has 0 radical (unpaired) electrons. The molecule has 0 saturated carbocycles. The van der Waals surface area contributed by atoms with Crippen LogP contribution in [-0.4, -0.2) is 31.2 Å². The molecule has 0 aliphatic rings. The van der Waals surface area contributed by atoms with Crippen molar-refractivity contribution in [3.63, 3.8) is 0 Å². The van der Waals surface area contributed by atoms with Gasteiger partial charge in [0, 0.05) is 0 Å². The predicted molar refractivity (Wildman–Crippen MR) is 27.9 cm³/mol. The van der Waals surface area contributed by atoms with Crippen molar-refractivity contribution in [3.05, 3.63) is 0 Å². The fourth-order valence-corrected chi connectivity index (χ4v) is 0.442. The number of halogens is 9. The Morgan fingerprint density at radius 2 is 1.27 bits per heavy atom. The Labute approximate surface area is 76.8 Å². The van der Waals surface area contributed by atoms with Crippen LogP contribution in [0.2, 0.25) is 0 Å². The molecule has 0 fully saturated rings. The molecular weight excluding hydrogens is 247 g/mol. The first kappa shape index (κ1) is 14.3. The molecule has 0 rings (SSSR count). The van der Waals surface area contributed by atoms with Crippen LogP contribution in [0.3, 0.4) is 0 Å². The molecule has 0 saturated heterocycles. The highest BCUT2D eigenvalue weighted by Crippen LogP contribution is 2.36. The van der Waals surface area contributed by atoms with Crippen molar-refractivity contribution < 1.29 is 44.3 Å². The van der Waals surface area contributed by atoms with Crippen molar-refractivity contribution >= 4 is 0 Å². The molecule has 1 atom stereocenters. The number of hydrogen-bond donors (Lipinski definition) is 0. The molecule has 0 unspecified atom stereocenters. The largest absolute Gasteiger partial charge is 0.428 e. The smallest absolute Gasteiger partial charge is 0.308 e. The number of alkyl halides is 9. The summed E-state index contributed by atoms with van der Waals surface area (Å²) < 4.78 is 106. The number of ether oxygens (including phenoxy) is 1. The zero-order chi connectivity index (χ0) is 12.5. The molecule has 0 aliphatic carbocycles. The molecule has 0 aromatic carbocycles. The molecule has 92 valence electrons. The third-order valence-corrected chi connectivity index (χ3v) is 1.01. The minimum absolute atomic E-state index is 2.53. The molecule has 15 heavy (non-hydrogen) atoms. The number of hydrogen-bond acceptors (Lipinski definition) is 1. The van der Waals surface area contributed by atoms with Gasteiger partial charge in [-0.05, 0) is 0 Å². The lowest BCUT2D eigenvalue weighted by Crippen LogP contribution is -2.45. The van der Waals surface area contributed by atoms with E-state index in [2.05, 4.69) is 4.74 Å². The molecule has 1 nitrogen and oxygen atoms in total. The molecule has 0 aromatic rings. The highest BCUT2D eigenvalue weighted by molar-refractivity contribution is 4.75. The second kappa shape index (κ2) is 4.06. The van der Waals surface area contributed by atoms with E-state index < -0.39 is 31.2 Å². The van der Waals surface area contributed by atoms with E-state index in [1.807, 2.05) is 0 Å². The van der Waals surface area contributed by atoms with Crippen LogP contribution >= 0.6 is 0 Å². The summed E-state index contributed by atoms with van der Waals surface area (Å²) in [5.74, 6) is 0. The SMILES string of the molecule is F[C@H](C(F)(F)F)C(F)(F)OCC(F)(F)F. The van der Waals surface area contributed by atoms with Crippen LogP contribution in [0.15, 0.2) is 0 Å². The zero-order valence-electron chi connectivity index (χ0n) is 6.59. The Morgan fingerprint density at radius 1 is 0.867 bits per heavy atom. The lowest BCUT2D eigenvalue weighted by atomic mass is 10.3. The highest BCUT2D eigenvalue weighted by atomic mass is 19.4. The first-order valence-corrected chi connectivity index (χ1v) is 3.15. The van der Waals surface area contributed by atoms with Gasteiger partial charge in [0.05, 0.1) is 0 Å². The molecule has 0 amide bonds. The van der Waals surface area contributed by atoms with E-state index in [1.54, 1.807) is 0 Å². The summed E-state index contributed by atoms with van der Waals surface area (Å²) in [5, 5.41) is 0. The molecule has 0 aromatic heterocycles. The highest BCUT2D eigenvalue weighted by Gasteiger charge is 2.59. The second-order valence-corrected chi connectivity index (χ2v) is 2.37. The van der Waals surface area contributed by atoms with E-state index in [0.717, 1.165) is 0 Å². The van der Waals surface area contributed by atoms with Gasteiger partial charge in [0.15, 0.2) is 0 Å². The van der Waals surface area contributed by atoms with Gasteiger partial charge in [0.2, 0.25) is 0 Å². The van der Waals surface area contributed by atoms with E-state index in [0.29, 0.717) is 0 Å². The van der Waals surface area contributed by atoms with Crippen molar-refractivity contribution in [2.24, 2.45) is 0 Å². The Balaban J connectivity index is 4.43. The maximum Gasteiger partial charge on any atom is 0.428 e. The van der Waals surface area contributed by atoms with E-state index in [1.165, 1.54) is 0 Å². The Morgan fingerprint density at radius 3 is 1.53 bits per heavy atom. The monoisotopic (exact) mass is 250 g/mol. The Bertz CT molecular complexity index is 204. The van der Waals surface area contributed by atoms with Crippen LogP contribution in [0.4, 0.5) is 39.5 Å². The summed E-state index contributed by atoms with van der Waals surface area (Å²) in [6, 6.07) is 0. The summed E-state index contributed by atoms with van der Waals surface area (Å²) in [4.78, 5) is 0. The van der Waals surface area contributed by atoms with Crippen LogP contribution < -0.4 is 0 Å². The maximum absolute atomic E-state index is 12.0. The van der Waals surface area contributed by atoms with Crippen molar-refractivity contribution in [2.45, 2.75) is 24.6 Å². The molecule has 10 heteroatoms. The Kier molecular flexibility index (Phi) is 3.88. The van der Waals surface area contributed by atoms with E-state index in [-0.39, 0.29) is 0 Å². The van der Waals surface area contributed by atoms with E-state index in [9.17, 15) is 39.5 Å². The second-order valence-electron chi connectivity index (χ2n) is 2.37. The van der Waals surface area contributed by atoms with Gasteiger partial charge < -0.3 is 4.74 Å². The topological polar surface area (TPSA) is 9.23 Å². The average molecular weight is 250 g/mol. The summed E-state index contributed by atoms with van der Waals surface area (Å²) in [7, 11) is 0. The fraction of sp³-hybridized carbons (Fsp3) is 1.00. The molecule has 0 spiro atoms. The van der Waals surface area contributed by atoms with Crippen molar-refractivity contribution in [1.82, 2.24) is 0 Å². The van der Waals surface area contributed by atoms with Gasteiger partial charge in [-0.1, -0.05) is 0 Å².